The number of hydrogen-bond acceptors (Lipinski definition) is 3. The van der Waals surface area contributed by atoms with E-state index in [4.69, 9.17) is 34.8 Å². The van der Waals surface area contributed by atoms with Crippen LogP contribution in [0.5, 0.6) is 0 Å². The van der Waals surface area contributed by atoms with Gasteiger partial charge in [-0.15, -0.1) is 0 Å². The van der Waals surface area contributed by atoms with E-state index in [-0.39, 0.29) is 18.7 Å². The summed E-state index contributed by atoms with van der Waals surface area (Å²) in [6, 6.07) is 3.62. The molecule has 0 radical (unpaired) electrons. The predicted molar refractivity (Wildman–Crippen MR) is 109 cm³/mol. The second-order valence-corrected chi connectivity index (χ2v) is 8.68. The molecule has 1 aliphatic rings. The van der Waals surface area contributed by atoms with Crippen molar-refractivity contribution in [2.24, 2.45) is 0 Å². The van der Waals surface area contributed by atoms with Gasteiger partial charge in [0.05, 0.1) is 27.0 Å². The van der Waals surface area contributed by atoms with Gasteiger partial charge in [-0.25, -0.2) is 0 Å². The second-order valence-electron chi connectivity index (χ2n) is 7.48. The molecular weight excluding hydrogens is 450 g/mol. The normalized spacial score (nSPS) is 17.1. The Bertz CT molecular complexity index is 906. The Labute approximate surface area is 182 Å². The molecule has 0 amide bonds. The minimum atomic E-state index is -4.61. The number of benzene rings is 1. The quantitative estimate of drug-likeness (QED) is 0.605. The van der Waals surface area contributed by atoms with Gasteiger partial charge in [0, 0.05) is 24.7 Å². The first kappa shape index (κ1) is 22.5. The van der Waals surface area contributed by atoms with Crippen LogP contribution in [0.15, 0.2) is 12.1 Å². The molecular formula is C19H21Cl3F3N3O. The lowest BCUT2D eigenvalue weighted by Crippen LogP contribution is -2.45. The van der Waals surface area contributed by atoms with Crippen molar-refractivity contribution in [2.75, 3.05) is 18.0 Å². The molecule has 0 atom stereocenters. The van der Waals surface area contributed by atoms with Gasteiger partial charge >= 0.3 is 6.18 Å². The third-order valence-electron chi connectivity index (χ3n) is 5.45. The third kappa shape index (κ3) is 4.79. The molecule has 1 fully saturated rings. The highest BCUT2D eigenvalue weighted by atomic mass is 35.5. The first-order chi connectivity index (χ1) is 13.4. The van der Waals surface area contributed by atoms with Gasteiger partial charge in [0.25, 0.3) is 0 Å². The van der Waals surface area contributed by atoms with Gasteiger partial charge in [-0.2, -0.15) is 18.3 Å². The molecule has 1 N–H and O–H groups in total. The number of alkyl halides is 3. The summed E-state index contributed by atoms with van der Waals surface area (Å²) in [5, 5.41) is 15.3. The Kier molecular flexibility index (Phi) is 6.35. The summed E-state index contributed by atoms with van der Waals surface area (Å²) in [5.41, 5.74) is -0.0681. The summed E-state index contributed by atoms with van der Waals surface area (Å²) in [6.45, 7) is 4.68. The summed E-state index contributed by atoms with van der Waals surface area (Å²) in [5.74, 6) is 0. The van der Waals surface area contributed by atoms with Gasteiger partial charge in [-0.3, -0.25) is 4.68 Å². The minimum absolute atomic E-state index is 0.152. The van der Waals surface area contributed by atoms with Crippen LogP contribution in [-0.2, 0) is 12.7 Å². The van der Waals surface area contributed by atoms with Crippen molar-refractivity contribution < 1.29 is 18.3 Å². The van der Waals surface area contributed by atoms with Crippen LogP contribution in [0.3, 0.4) is 0 Å². The number of nitrogens with zero attached hydrogens (tertiary/aromatic N) is 3. The number of aliphatic hydroxyl groups is 1. The molecule has 2 heterocycles. The van der Waals surface area contributed by atoms with Crippen LogP contribution in [-0.4, -0.2) is 33.6 Å². The molecule has 10 heteroatoms. The Hall–Kier alpha value is -1.15. The lowest BCUT2D eigenvalue weighted by atomic mass is 9.88. The largest absolute Gasteiger partial charge is 0.436 e. The van der Waals surface area contributed by atoms with Gasteiger partial charge in [-0.1, -0.05) is 34.8 Å². The predicted octanol–water partition coefficient (Wildman–Crippen LogP) is 5.90. The molecule has 29 heavy (non-hydrogen) atoms. The average molecular weight is 471 g/mol. The molecule has 1 aromatic heterocycles. The number of hydrogen-bond donors (Lipinski definition) is 1. The van der Waals surface area contributed by atoms with E-state index in [1.54, 1.807) is 6.07 Å². The molecule has 0 bridgehead atoms. The van der Waals surface area contributed by atoms with Crippen molar-refractivity contribution in [3.8, 4) is 0 Å². The monoisotopic (exact) mass is 469 g/mol. The molecule has 1 aliphatic heterocycles. The summed E-state index contributed by atoms with van der Waals surface area (Å²) >= 11 is 18.2. The maximum Gasteiger partial charge on any atom is 0.436 e. The van der Waals surface area contributed by atoms with Crippen LogP contribution in [0.1, 0.15) is 36.2 Å². The molecule has 0 spiro atoms. The average Bonchev–Trinajstić information content (AvgIpc) is 2.92. The number of anilines is 1. The Morgan fingerprint density at radius 1 is 1.10 bits per heavy atom. The second kappa shape index (κ2) is 8.17. The highest BCUT2D eigenvalue weighted by molar-refractivity contribution is 6.36. The van der Waals surface area contributed by atoms with Crippen molar-refractivity contribution in [3.63, 3.8) is 0 Å². The van der Waals surface area contributed by atoms with Crippen LogP contribution >= 0.6 is 34.8 Å². The summed E-state index contributed by atoms with van der Waals surface area (Å²) in [4.78, 5) is 2.08. The van der Waals surface area contributed by atoms with E-state index < -0.39 is 22.5 Å². The highest BCUT2D eigenvalue weighted by Crippen LogP contribution is 2.37. The smallest absolute Gasteiger partial charge is 0.390 e. The van der Waals surface area contributed by atoms with Crippen molar-refractivity contribution in [3.05, 3.63) is 44.2 Å². The van der Waals surface area contributed by atoms with E-state index in [0.717, 1.165) is 11.3 Å². The molecule has 0 saturated carbocycles. The number of piperidine rings is 1. The fourth-order valence-corrected chi connectivity index (χ4v) is 4.28. The zero-order valence-electron chi connectivity index (χ0n) is 16.0. The van der Waals surface area contributed by atoms with Gasteiger partial charge in [0.2, 0.25) is 0 Å². The molecule has 160 valence electrons. The highest BCUT2D eigenvalue weighted by Gasteiger charge is 2.39. The molecule has 1 aromatic carbocycles. The summed E-state index contributed by atoms with van der Waals surface area (Å²) in [6.07, 6.45) is -3.40. The van der Waals surface area contributed by atoms with Gasteiger partial charge in [-0.05, 0) is 50.8 Å². The first-order valence-electron chi connectivity index (χ1n) is 9.14. The molecule has 0 aliphatic carbocycles. The van der Waals surface area contributed by atoms with Gasteiger partial charge in [0.15, 0.2) is 5.69 Å². The Balaban J connectivity index is 1.66. The topological polar surface area (TPSA) is 41.3 Å². The number of rotatable bonds is 4. The number of aryl methyl sites for hydroxylation is 2. The van der Waals surface area contributed by atoms with Gasteiger partial charge in [0.1, 0.15) is 0 Å². The maximum atomic E-state index is 13.0. The van der Waals surface area contributed by atoms with E-state index in [2.05, 4.69) is 10.00 Å². The summed E-state index contributed by atoms with van der Waals surface area (Å²) < 4.78 is 40.1. The van der Waals surface area contributed by atoms with Crippen molar-refractivity contribution in [1.29, 1.82) is 0 Å². The van der Waals surface area contributed by atoms with Gasteiger partial charge < -0.3 is 10.0 Å². The molecule has 1 saturated heterocycles. The van der Waals surface area contributed by atoms with Crippen LogP contribution < -0.4 is 4.90 Å². The van der Waals surface area contributed by atoms with E-state index in [9.17, 15) is 18.3 Å². The number of aromatic nitrogens is 2. The molecule has 3 rings (SSSR count). The first-order valence-corrected chi connectivity index (χ1v) is 10.3. The van der Waals surface area contributed by atoms with Crippen LogP contribution in [0.2, 0.25) is 15.1 Å². The van der Waals surface area contributed by atoms with Crippen LogP contribution in [0.4, 0.5) is 18.9 Å². The van der Waals surface area contributed by atoms with E-state index in [1.165, 1.54) is 11.6 Å². The van der Waals surface area contributed by atoms with E-state index in [0.29, 0.717) is 36.0 Å². The molecule has 4 nitrogen and oxygen atoms in total. The number of halogens is 6. The maximum absolute atomic E-state index is 13.0. The molecule has 0 unspecified atom stereocenters. The van der Waals surface area contributed by atoms with Crippen molar-refractivity contribution >= 4 is 40.5 Å². The minimum Gasteiger partial charge on any atom is -0.390 e. The lowest BCUT2D eigenvalue weighted by Gasteiger charge is -2.40. The zero-order chi connectivity index (χ0) is 21.6. The Morgan fingerprint density at radius 3 is 2.28 bits per heavy atom. The van der Waals surface area contributed by atoms with Crippen molar-refractivity contribution in [1.82, 2.24) is 9.78 Å². The van der Waals surface area contributed by atoms with E-state index >= 15 is 0 Å². The Morgan fingerprint density at radius 2 is 1.72 bits per heavy atom. The molecule has 2 aromatic rings. The van der Waals surface area contributed by atoms with E-state index in [1.807, 2.05) is 13.0 Å². The van der Waals surface area contributed by atoms with Crippen molar-refractivity contribution in [2.45, 2.75) is 51.4 Å². The SMILES string of the molecule is Cc1cc(N2CCC(O)(CCn3nc(C(F)(F)F)c(Cl)c3C)CC2)c(Cl)cc1Cl. The fourth-order valence-electron chi connectivity index (χ4n) is 3.54. The fraction of sp³-hybridized carbons (Fsp3) is 0.526. The lowest BCUT2D eigenvalue weighted by molar-refractivity contribution is -0.141. The van der Waals surface area contributed by atoms with Crippen LogP contribution in [0, 0.1) is 13.8 Å². The third-order valence-corrected chi connectivity index (χ3v) is 6.62. The zero-order valence-corrected chi connectivity index (χ0v) is 18.2. The summed E-state index contributed by atoms with van der Waals surface area (Å²) in [7, 11) is 0. The van der Waals surface area contributed by atoms with Crippen LogP contribution in [0.25, 0.3) is 0 Å². The standard InChI is InChI=1S/C19H21Cl3F3N3O/c1-11-9-15(14(21)10-13(11)20)27-6-3-18(29,4-7-27)5-8-28-12(2)16(22)17(26-28)19(23,24)25/h9-10,29H,3-8H2,1-2H3.